The van der Waals surface area contributed by atoms with Crippen LogP contribution >= 0.6 is 0 Å². The highest BCUT2D eigenvalue weighted by Gasteiger charge is 2.17. The molecular weight excluding hydrogens is 286 g/mol. The Morgan fingerprint density at radius 2 is 1.81 bits per heavy atom. The van der Waals surface area contributed by atoms with Crippen molar-refractivity contribution in [3.05, 3.63) is 42.1 Å². The molecule has 0 heterocycles. The Kier molecular flexibility index (Phi) is 6.42. The van der Waals surface area contributed by atoms with Crippen molar-refractivity contribution in [2.24, 2.45) is 11.8 Å². The van der Waals surface area contributed by atoms with Crippen molar-refractivity contribution < 1.29 is 13.5 Å². The number of allylic oxidation sites excluding steroid dienone is 1. The Morgan fingerprint density at radius 1 is 1.24 bits per heavy atom. The first-order valence-electron chi connectivity index (χ1n) is 7.11. The van der Waals surface area contributed by atoms with E-state index < -0.39 is 10.0 Å². The number of aryl methyl sites for hydroxylation is 1. The Hall–Kier alpha value is -1.33. The maximum atomic E-state index is 12.3. The molecule has 0 saturated carbocycles. The second kappa shape index (κ2) is 7.61. The summed E-state index contributed by atoms with van der Waals surface area (Å²) < 4.78 is 25.9. The molecule has 0 bridgehead atoms. The van der Waals surface area contributed by atoms with Gasteiger partial charge in [0.2, 0.25) is 0 Å². The molecule has 1 aromatic rings. The molecular formula is C16H25NO3S. The summed E-state index contributed by atoms with van der Waals surface area (Å²) in [4.78, 5) is 0.280. The molecule has 0 spiro atoms. The summed E-state index contributed by atoms with van der Waals surface area (Å²) in [5.74, 6) is 0.510. The topological polar surface area (TPSA) is 57.6 Å². The Labute approximate surface area is 128 Å². The van der Waals surface area contributed by atoms with E-state index in [0.717, 1.165) is 5.56 Å². The standard InChI is InChI=1S/C16H25NO3S/c1-13(2)15(12-18)6-5-11-17(4)21(19,20)16-9-7-14(3)8-10-16/h5,7-11,13,15,18H,6,12H2,1-4H3/b11-5+. The third-order valence-corrected chi connectivity index (χ3v) is 5.38. The lowest BCUT2D eigenvalue weighted by atomic mass is 9.93. The number of hydrogen-bond donors (Lipinski definition) is 1. The van der Waals surface area contributed by atoms with Crippen LogP contribution in [0.15, 0.2) is 41.4 Å². The van der Waals surface area contributed by atoms with E-state index in [1.165, 1.54) is 11.4 Å². The number of rotatable bonds is 7. The van der Waals surface area contributed by atoms with Crippen molar-refractivity contribution in [2.45, 2.75) is 32.1 Å². The molecule has 0 aliphatic heterocycles. The van der Waals surface area contributed by atoms with Gasteiger partial charge in [-0.25, -0.2) is 8.42 Å². The van der Waals surface area contributed by atoms with E-state index in [4.69, 9.17) is 0 Å². The molecule has 21 heavy (non-hydrogen) atoms. The SMILES string of the molecule is Cc1ccc(S(=O)(=O)N(C)/C=C/CC(CO)C(C)C)cc1. The van der Waals surface area contributed by atoms with E-state index in [-0.39, 0.29) is 17.4 Å². The summed E-state index contributed by atoms with van der Waals surface area (Å²) in [6.45, 7) is 6.11. The number of nitrogens with zero attached hydrogens (tertiary/aromatic N) is 1. The molecule has 118 valence electrons. The molecule has 0 amide bonds. The van der Waals surface area contributed by atoms with Gasteiger partial charge in [0.15, 0.2) is 0 Å². The molecule has 0 aliphatic rings. The molecule has 0 aromatic heterocycles. The van der Waals surface area contributed by atoms with Gasteiger partial charge < -0.3 is 5.11 Å². The maximum Gasteiger partial charge on any atom is 0.263 e. The van der Waals surface area contributed by atoms with Crippen LogP contribution < -0.4 is 0 Å². The predicted molar refractivity (Wildman–Crippen MR) is 85.3 cm³/mol. The molecule has 1 unspecified atom stereocenters. The summed E-state index contributed by atoms with van der Waals surface area (Å²) in [6, 6.07) is 6.79. The maximum absolute atomic E-state index is 12.3. The average Bonchev–Trinajstić information content (AvgIpc) is 2.43. The lowest BCUT2D eigenvalue weighted by molar-refractivity contribution is 0.191. The predicted octanol–water partition coefficient (Wildman–Crippen LogP) is 2.78. The van der Waals surface area contributed by atoms with Crippen LogP contribution in [-0.4, -0.2) is 31.5 Å². The van der Waals surface area contributed by atoms with Crippen LogP contribution in [0.4, 0.5) is 0 Å². The molecule has 1 atom stereocenters. The summed E-state index contributed by atoms with van der Waals surface area (Å²) in [5, 5.41) is 9.26. The molecule has 1 rings (SSSR count). The van der Waals surface area contributed by atoms with Gasteiger partial charge in [0.05, 0.1) is 4.90 Å². The molecule has 0 aliphatic carbocycles. The van der Waals surface area contributed by atoms with E-state index >= 15 is 0 Å². The second-order valence-corrected chi connectivity index (χ2v) is 7.64. The number of sulfonamides is 1. The minimum absolute atomic E-state index is 0.108. The zero-order valence-corrected chi connectivity index (χ0v) is 14.0. The highest BCUT2D eigenvalue weighted by molar-refractivity contribution is 7.89. The fourth-order valence-electron chi connectivity index (χ4n) is 1.90. The van der Waals surface area contributed by atoms with Gasteiger partial charge >= 0.3 is 0 Å². The van der Waals surface area contributed by atoms with Crippen LogP contribution in [0.3, 0.4) is 0 Å². The van der Waals surface area contributed by atoms with Gasteiger partial charge in [0, 0.05) is 19.9 Å². The van der Waals surface area contributed by atoms with Crippen LogP contribution in [0.25, 0.3) is 0 Å². The van der Waals surface area contributed by atoms with Crippen LogP contribution in [0.2, 0.25) is 0 Å². The summed E-state index contributed by atoms with van der Waals surface area (Å²) >= 11 is 0. The number of benzene rings is 1. The lowest BCUT2D eigenvalue weighted by Crippen LogP contribution is -2.21. The molecule has 5 heteroatoms. The number of aliphatic hydroxyl groups is 1. The van der Waals surface area contributed by atoms with Crippen LogP contribution in [0.1, 0.15) is 25.8 Å². The van der Waals surface area contributed by atoms with E-state index in [9.17, 15) is 13.5 Å². The van der Waals surface area contributed by atoms with Gasteiger partial charge in [-0.15, -0.1) is 0 Å². The number of aliphatic hydroxyl groups excluding tert-OH is 1. The van der Waals surface area contributed by atoms with Gasteiger partial charge in [-0.3, -0.25) is 4.31 Å². The molecule has 0 saturated heterocycles. The Balaban J connectivity index is 2.78. The van der Waals surface area contributed by atoms with Crippen molar-refractivity contribution in [1.29, 1.82) is 0 Å². The molecule has 0 radical (unpaired) electrons. The van der Waals surface area contributed by atoms with Gasteiger partial charge in [0.1, 0.15) is 0 Å². The zero-order chi connectivity index (χ0) is 16.0. The smallest absolute Gasteiger partial charge is 0.263 e. The van der Waals surface area contributed by atoms with Crippen molar-refractivity contribution in [3.63, 3.8) is 0 Å². The highest BCUT2D eigenvalue weighted by atomic mass is 32.2. The molecule has 4 nitrogen and oxygen atoms in total. The van der Waals surface area contributed by atoms with Crippen LogP contribution in [-0.2, 0) is 10.0 Å². The highest BCUT2D eigenvalue weighted by Crippen LogP contribution is 2.17. The molecule has 1 N–H and O–H groups in total. The van der Waals surface area contributed by atoms with Crippen LogP contribution in [0.5, 0.6) is 0 Å². The zero-order valence-electron chi connectivity index (χ0n) is 13.2. The third-order valence-electron chi connectivity index (χ3n) is 3.63. The molecule has 0 fully saturated rings. The fourth-order valence-corrected chi connectivity index (χ4v) is 2.96. The molecule has 1 aromatic carbocycles. The van der Waals surface area contributed by atoms with Crippen molar-refractivity contribution in [1.82, 2.24) is 4.31 Å². The van der Waals surface area contributed by atoms with E-state index in [2.05, 4.69) is 0 Å². The summed E-state index contributed by atoms with van der Waals surface area (Å²) in [7, 11) is -1.97. The second-order valence-electron chi connectivity index (χ2n) is 5.64. The quantitative estimate of drug-likeness (QED) is 0.842. The van der Waals surface area contributed by atoms with Crippen molar-refractivity contribution in [3.8, 4) is 0 Å². The Bertz CT molecular complexity index is 562. The minimum Gasteiger partial charge on any atom is -0.396 e. The van der Waals surface area contributed by atoms with Crippen molar-refractivity contribution in [2.75, 3.05) is 13.7 Å². The van der Waals surface area contributed by atoms with E-state index in [1.807, 2.05) is 20.8 Å². The first-order valence-corrected chi connectivity index (χ1v) is 8.55. The van der Waals surface area contributed by atoms with Gasteiger partial charge in [-0.05, 0) is 37.3 Å². The fraction of sp³-hybridized carbons (Fsp3) is 0.500. The Morgan fingerprint density at radius 3 is 2.29 bits per heavy atom. The largest absolute Gasteiger partial charge is 0.396 e. The van der Waals surface area contributed by atoms with Crippen molar-refractivity contribution >= 4 is 10.0 Å². The summed E-state index contributed by atoms with van der Waals surface area (Å²) in [6.07, 6.45) is 4.01. The van der Waals surface area contributed by atoms with E-state index in [0.29, 0.717) is 12.3 Å². The van der Waals surface area contributed by atoms with Gasteiger partial charge in [-0.1, -0.05) is 37.6 Å². The van der Waals surface area contributed by atoms with Gasteiger partial charge in [-0.2, -0.15) is 0 Å². The third kappa shape index (κ3) is 4.86. The number of hydrogen-bond acceptors (Lipinski definition) is 3. The minimum atomic E-state index is -3.50. The monoisotopic (exact) mass is 311 g/mol. The lowest BCUT2D eigenvalue weighted by Gasteiger charge is -2.18. The normalized spacial score (nSPS) is 13.8. The van der Waals surface area contributed by atoms with Gasteiger partial charge in [0.25, 0.3) is 10.0 Å². The van der Waals surface area contributed by atoms with Crippen LogP contribution in [0, 0.1) is 18.8 Å². The summed E-state index contributed by atoms with van der Waals surface area (Å²) in [5.41, 5.74) is 1.02. The average molecular weight is 311 g/mol. The van der Waals surface area contributed by atoms with E-state index in [1.54, 1.807) is 36.5 Å². The first kappa shape index (κ1) is 17.7. The first-order chi connectivity index (χ1) is 9.78.